The minimum absolute atomic E-state index is 0.126. The van der Waals surface area contributed by atoms with Crippen LogP contribution in [-0.4, -0.2) is 20.8 Å². The van der Waals surface area contributed by atoms with Crippen LogP contribution in [0.5, 0.6) is 0 Å². The van der Waals surface area contributed by atoms with Crippen molar-refractivity contribution in [1.29, 1.82) is 0 Å². The Morgan fingerprint density at radius 2 is 1.94 bits per heavy atom. The maximum Gasteiger partial charge on any atom is 0.0507 e. The molecule has 0 spiro atoms. The van der Waals surface area contributed by atoms with Crippen molar-refractivity contribution >= 4 is 10.8 Å². The van der Waals surface area contributed by atoms with E-state index in [1.54, 1.807) is 0 Å². The van der Waals surface area contributed by atoms with Crippen LogP contribution in [0.3, 0.4) is 0 Å². The first-order chi connectivity index (χ1) is 7.92. The molecular weight excluding hydrogens is 230 g/mol. The molecule has 0 saturated heterocycles. The molecule has 0 heterocycles. The Morgan fingerprint density at radius 3 is 2.47 bits per heavy atom. The first-order valence-corrected chi connectivity index (χ1v) is 8.34. The SMILES string of the molecule is CC1CCCC(S(=O)C2CCC(C)(C)C2N)C1. The molecule has 5 unspecified atom stereocenters. The first-order valence-electron chi connectivity index (χ1n) is 7.07. The van der Waals surface area contributed by atoms with E-state index in [-0.39, 0.29) is 16.7 Å². The molecule has 0 aliphatic heterocycles. The Kier molecular flexibility index (Phi) is 3.99. The molecule has 2 rings (SSSR count). The third kappa shape index (κ3) is 2.76. The van der Waals surface area contributed by atoms with E-state index in [4.69, 9.17) is 5.73 Å². The highest BCUT2D eigenvalue weighted by molar-refractivity contribution is 7.86. The molecule has 100 valence electrons. The van der Waals surface area contributed by atoms with Gasteiger partial charge in [-0.3, -0.25) is 4.21 Å². The minimum Gasteiger partial charge on any atom is -0.326 e. The molecule has 0 aromatic carbocycles. The monoisotopic (exact) mass is 257 g/mol. The topological polar surface area (TPSA) is 43.1 Å². The minimum atomic E-state index is -0.704. The summed E-state index contributed by atoms with van der Waals surface area (Å²) in [6.07, 6.45) is 7.06. The van der Waals surface area contributed by atoms with Gasteiger partial charge in [0.15, 0.2) is 0 Å². The van der Waals surface area contributed by atoms with Crippen molar-refractivity contribution in [2.45, 2.75) is 75.8 Å². The van der Waals surface area contributed by atoms with Crippen LogP contribution < -0.4 is 5.73 Å². The van der Waals surface area contributed by atoms with Crippen LogP contribution in [-0.2, 0) is 10.8 Å². The zero-order valence-corrected chi connectivity index (χ0v) is 12.3. The van der Waals surface area contributed by atoms with E-state index in [1.165, 1.54) is 12.8 Å². The lowest BCUT2D eigenvalue weighted by Crippen LogP contribution is -2.44. The van der Waals surface area contributed by atoms with Crippen molar-refractivity contribution in [2.24, 2.45) is 17.1 Å². The Balaban J connectivity index is 2.01. The lowest BCUT2D eigenvalue weighted by Gasteiger charge is -2.31. The van der Waals surface area contributed by atoms with Gasteiger partial charge >= 0.3 is 0 Å². The maximum atomic E-state index is 12.7. The Morgan fingerprint density at radius 1 is 1.24 bits per heavy atom. The highest BCUT2D eigenvalue weighted by Gasteiger charge is 2.44. The van der Waals surface area contributed by atoms with Gasteiger partial charge in [0, 0.05) is 22.1 Å². The Hall–Kier alpha value is 0.110. The van der Waals surface area contributed by atoms with E-state index < -0.39 is 10.8 Å². The van der Waals surface area contributed by atoms with Gasteiger partial charge in [0.2, 0.25) is 0 Å². The Labute approximate surface area is 108 Å². The average Bonchev–Trinajstić information content (AvgIpc) is 2.54. The first kappa shape index (κ1) is 13.5. The molecule has 0 radical (unpaired) electrons. The zero-order valence-electron chi connectivity index (χ0n) is 11.4. The van der Waals surface area contributed by atoms with E-state index in [0.29, 0.717) is 5.25 Å². The van der Waals surface area contributed by atoms with Gasteiger partial charge in [-0.2, -0.15) is 0 Å². The summed E-state index contributed by atoms with van der Waals surface area (Å²) in [5.74, 6) is 0.753. The van der Waals surface area contributed by atoms with E-state index in [2.05, 4.69) is 20.8 Å². The third-order valence-electron chi connectivity index (χ3n) is 4.89. The van der Waals surface area contributed by atoms with Gasteiger partial charge in [-0.15, -0.1) is 0 Å². The van der Waals surface area contributed by atoms with Crippen molar-refractivity contribution in [3.8, 4) is 0 Å². The number of nitrogens with two attached hydrogens (primary N) is 1. The summed E-state index contributed by atoms with van der Waals surface area (Å²) in [5, 5.41) is 0.670. The van der Waals surface area contributed by atoms with Crippen molar-refractivity contribution in [2.75, 3.05) is 0 Å². The van der Waals surface area contributed by atoms with Crippen LogP contribution in [0.15, 0.2) is 0 Å². The lowest BCUT2D eigenvalue weighted by molar-refractivity contribution is 0.332. The van der Waals surface area contributed by atoms with Gasteiger partial charge in [-0.1, -0.05) is 33.6 Å². The predicted octanol–water partition coefficient (Wildman–Crippen LogP) is 2.83. The van der Waals surface area contributed by atoms with Gasteiger partial charge in [-0.25, -0.2) is 0 Å². The van der Waals surface area contributed by atoms with Crippen molar-refractivity contribution in [3.63, 3.8) is 0 Å². The molecule has 17 heavy (non-hydrogen) atoms. The normalized spacial score (nSPS) is 43.5. The van der Waals surface area contributed by atoms with Crippen LogP contribution in [0.2, 0.25) is 0 Å². The second kappa shape index (κ2) is 5.00. The summed E-state index contributed by atoms with van der Waals surface area (Å²) >= 11 is 0. The molecule has 2 nitrogen and oxygen atoms in total. The molecule has 3 heteroatoms. The van der Waals surface area contributed by atoms with E-state index in [9.17, 15) is 4.21 Å². The Bertz CT molecular complexity index is 303. The molecule has 2 aliphatic carbocycles. The summed E-state index contributed by atoms with van der Waals surface area (Å²) in [7, 11) is -0.704. The zero-order chi connectivity index (χ0) is 12.6. The highest BCUT2D eigenvalue weighted by atomic mass is 32.2. The van der Waals surface area contributed by atoms with Gasteiger partial charge in [-0.05, 0) is 37.0 Å². The summed E-state index contributed by atoms with van der Waals surface area (Å²) in [5.41, 5.74) is 6.49. The number of hydrogen-bond acceptors (Lipinski definition) is 2. The molecule has 2 saturated carbocycles. The summed E-state index contributed by atoms with van der Waals surface area (Å²) < 4.78 is 12.7. The highest BCUT2D eigenvalue weighted by Crippen LogP contribution is 2.41. The van der Waals surface area contributed by atoms with Crippen molar-refractivity contribution < 1.29 is 4.21 Å². The van der Waals surface area contributed by atoms with Gasteiger partial charge in [0.25, 0.3) is 0 Å². The average molecular weight is 257 g/mol. The lowest BCUT2D eigenvalue weighted by atomic mass is 9.88. The van der Waals surface area contributed by atoms with Crippen molar-refractivity contribution in [3.05, 3.63) is 0 Å². The summed E-state index contributed by atoms with van der Waals surface area (Å²) in [6.45, 7) is 6.73. The fraction of sp³-hybridized carbons (Fsp3) is 1.00. The van der Waals surface area contributed by atoms with Crippen LogP contribution in [0.25, 0.3) is 0 Å². The molecule has 0 aromatic rings. The van der Waals surface area contributed by atoms with Gasteiger partial charge in [0.05, 0.1) is 5.25 Å². The van der Waals surface area contributed by atoms with Gasteiger partial charge < -0.3 is 5.73 Å². The number of hydrogen-bond donors (Lipinski definition) is 1. The number of rotatable bonds is 2. The van der Waals surface area contributed by atoms with Crippen LogP contribution >= 0.6 is 0 Å². The maximum absolute atomic E-state index is 12.7. The molecule has 0 aromatic heterocycles. The van der Waals surface area contributed by atoms with E-state index >= 15 is 0 Å². The predicted molar refractivity (Wildman–Crippen MR) is 74.3 cm³/mol. The van der Waals surface area contributed by atoms with Crippen LogP contribution in [0.4, 0.5) is 0 Å². The summed E-state index contributed by atoms with van der Waals surface area (Å²) in [6, 6.07) is 0.126. The van der Waals surface area contributed by atoms with E-state index in [0.717, 1.165) is 31.6 Å². The third-order valence-corrected chi connectivity index (χ3v) is 7.10. The molecule has 2 N–H and O–H groups in total. The fourth-order valence-corrected chi connectivity index (χ4v) is 5.88. The molecule has 5 atom stereocenters. The smallest absolute Gasteiger partial charge is 0.0507 e. The second-order valence-electron chi connectivity index (χ2n) is 6.81. The molecule has 0 bridgehead atoms. The summed E-state index contributed by atoms with van der Waals surface area (Å²) in [4.78, 5) is 0. The molecule has 0 amide bonds. The van der Waals surface area contributed by atoms with E-state index in [1.807, 2.05) is 0 Å². The van der Waals surface area contributed by atoms with Crippen molar-refractivity contribution in [1.82, 2.24) is 0 Å². The van der Waals surface area contributed by atoms with Gasteiger partial charge in [0.1, 0.15) is 0 Å². The quantitative estimate of drug-likeness (QED) is 0.826. The molecule has 2 fully saturated rings. The van der Waals surface area contributed by atoms with Crippen LogP contribution in [0, 0.1) is 11.3 Å². The fourth-order valence-electron chi connectivity index (χ4n) is 3.46. The molecule has 2 aliphatic rings. The standard InChI is InChI=1S/C14H27NOS/c1-10-5-4-6-11(9-10)17(16)12-7-8-14(2,3)13(12)15/h10-13H,4-9,15H2,1-3H3. The molecular formula is C14H27NOS. The largest absolute Gasteiger partial charge is 0.326 e. The van der Waals surface area contributed by atoms with Crippen LogP contribution in [0.1, 0.15) is 59.3 Å². The second-order valence-corrected chi connectivity index (χ2v) is 8.74.